The Bertz CT molecular complexity index is 6720. The first-order valence-corrected chi connectivity index (χ1v) is 46.8. The van der Waals surface area contributed by atoms with E-state index in [9.17, 15) is 0 Å². The lowest BCUT2D eigenvalue weighted by Crippen LogP contribution is -2.15. The SMILES string of the molecule is CC(C)(C)c1cccc2c1oc1c(-c3ccccc3)cccc12.CC(C)(C)c1cccc2c3ccccc3n(-c3ccccc3)c12.CC(C)(C)c1cccc2oc3cccc(-c4ccccc4)c3c12.CC(C)(C)c1ccccc1-n1c2ccccc2c2ccccc21.CC(C)(C)c1ccco1.CC(C)(C)c1cccs1.CC(C)(C)c1ccoc1.CC(C)(C)c1ccsc1. The number of rotatable bonds is 4. The molecule has 0 amide bonds. The van der Waals surface area contributed by atoms with Gasteiger partial charge in [-0.1, -0.05) is 403 Å². The van der Waals surface area contributed by atoms with Crippen molar-refractivity contribution in [3.05, 3.63) is 394 Å². The van der Waals surface area contributed by atoms with Crippen molar-refractivity contribution < 1.29 is 17.7 Å². The molecule has 12 aromatic carbocycles. The molecular weight excluding hydrogens is 1600 g/mol. The van der Waals surface area contributed by atoms with Crippen LogP contribution in [0, 0.1) is 0 Å². The summed E-state index contributed by atoms with van der Waals surface area (Å²) >= 11 is 3.60. The first kappa shape index (κ1) is 93.4. The molecule has 0 radical (unpaired) electrons. The van der Waals surface area contributed by atoms with Gasteiger partial charge in [0.05, 0.1) is 40.9 Å². The number of furan rings is 4. The number of hydrogen-bond acceptors (Lipinski definition) is 6. The quantitative estimate of drug-likeness (QED) is 0.176. The third kappa shape index (κ3) is 21.8. The Morgan fingerprint density at radius 2 is 0.727 bits per heavy atom. The first-order chi connectivity index (χ1) is 60.7. The van der Waals surface area contributed by atoms with Crippen LogP contribution in [0.2, 0.25) is 0 Å². The molecule has 0 N–H and O–H groups in total. The summed E-state index contributed by atoms with van der Waals surface area (Å²) in [6.45, 7) is 53.4. The van der Waals surface area contributed by atoms with Crippen LogP contribution in [0.15, 0.2) is 368 Å². The second kappa shape index (κ2) is 38.8. The maximum Gasteiger partial charge on any atom is 0.143 e. The molecule has 20 aromatic rings. The highest BCUT2D eigenvalue weighted by Gasteiger charge is 2.28. The van der Waals surface area contributed by atoms with Crippen LogP contribution in [0.3, 0.4) is 0 Å². The molecule has 0 spiro atoms. The second-order valence-corrected chi connectivity index (χ2v) is 43.1. The minimum Gasteiger partial charge on any atom is -0.472 e. The fraction of sp³-hybridized carbons (Fsp3) is 0.267. The highest BCUT2D eigenvalue weighted by Crippen LogP contribution is 2.45. The second-order valence-electron chi connectivity index (χ2n) is 41.4. The average molecular weight is 1730 g/mol. The molecule has 0 saturated heterocycles. The molecular formula is C120H130N2O4S2. The Morgan fingerprint density at radius 3 is 1.20 bits per heavy atom. The number of fused-ring (bicyclic) bond motifs is 12. The number of nitrogens with zero attached hydrogens (tertiary/aromatic N) is 2. The zero-order valence-electron chi connectivity index (χ0n) is 79.8. The normalized spacial score (nSPS) is 12.1. The molecule has 20 rings (SSSR count). The van der Waals surface area contributed by atoms with E-state index in [-0.39, 0.29) is 32.5 Å². The maximum absolute atomic E-state index is 6.40. The Kier molecular flexibility index (Phi) is 28.3. The molecule has 0 atom stereocenters. The lowest BCUT2D eigenvalue weighted by Gasteiger charge is -2.24. The summed E-state index contributed by atoms with van der Waals surface area (Å²) in [5, 5.41) is 16.6. The molecule has 0 aliphatic heterocycles. The van der Waals surface area contributed by atoms with Gasteiger partial charge in [0.25, 0.3) is 0 Å². The number of hydrogen-bond donors (Lipinski definition) is 0. The minimum absolute atomic E-state index is 0.0558. The molecule has 8 aromatic heterocycles. The van der Waals surface area contributed by atoms with Gasteiger partial charge in [-0.3, -0.25) is 0 Å². The van der Waals surface area contributed by atoms with Crippen molar-refractivity contribution in [2.24, 2.45) is 0 Å². The van der Waals surface area contributed by atoms with E-state index in [2.05, 4.69) is 483 Å². The van der Waals surface area contributed by atoms with Crippen LogP contribution >= 0.6 is 22.7 Å². The summed E-state index contributed by atoms with van der Waals surface area (Å²) in [5.74, 6) is 1.04. The van der Waals surface area contributed by atoms with E-state index >= 15 is 0 Å². The standard InChI is InChI=1S/2C22H21N.2C22H20O.2C8H12O.2C8H12S/c1-22(2,3)18-12-6-9-15-21(18)23-19-13-7-4-10-16(19)17-11-5-8-14-20(17)23;1-22(2,3)19-14-9-13-18-17-12-7-8-15-20(17)23(21(18)19)16-10-5-4-6-11-16;1-22(2,3)17-12-8-14-19-21(17)20-16(11-7-13-18(20)23-19)15-9-5-4-6-10-15;1-22(2,3)19-14-8-13-18-17-12-7-11-16(20(17)23-21(18)19)15-9-5-4-6-10-15;1-8(2,3)7-4-5-9-6-7;1-8(2,3)7-5-4-6-9-7;1-8(2,3)7-4-5-9-6-7;1-8(2,3)7-5-4-6-9-7/h2*4-15H,1-3H3;2*4-14H,1-3H3;4*4-6H,1-3H3. The summed E-state index contributed by atoms with van der Waals surface area (Å²) < 4.78 is 27.5. The van der Waals surface area contributed by atoms with Crippen LogP contribution in [0.4, 0.5) is 0 Å². The van der Waals surface area contributed by atoms with Crippen molar-refractivity contribution in [3.8, 4) is 33.6 Å². The summed E-state index contributed by atoms with van der Waals surface area (Å²) in [6.07, 6.45) is 5.21. The fourth-order valence-electron chi connectivity index (χ4n) is 16.4. The zero-order valence-corrected chi connectivity index (χ0v) is 81.5. The van der Waals surface area contributed by atoms with Crippen molar-refractivity contribution in [1.82, 2.24) is 9.13 Å². The van der Waals surface area contributed by atoms with Gasteiger partial charge < -0.3 is 26.8 Å². The van der Waals surface area contributed by atoms with Crippen LogP contribution in [-0.2, 0) is 43.3 Å². The smallest absolute Gasteiger partial charge is 0.143 e. The predicted molar refractivity (Wildman–Crippen MR) is 556 cm³/mol. The van der Waals surface area contributed by atoms with Crippen LogP contribution in [0.5, 0.6) is 0 Å². The van der Waals surface area contributed by atoms with E-state index in [4.69, 9.17) is 17.7 Å². The van der Waals surface area contributed by atoms with Gasteiger partial charge in [-0.05, 0) is 177 Å². The van der Waals surface area contributed by atoms with Gasteiger partial charge in [0.15, 0.2) is 0 Å². The fourth-order valence-corrected chi connectivity index (χ4v) is 18.0. The van der Waals surface area contributed by atoms with Gasteiger partial charge >= 0.3 is 0 Å². The summed E-state index contributed by atoms with van der Waals surface area (Å²) in [4.78, 5) is 1.46. The van der Waals surface area contributed by atoms with Gasteiger partial charge in [0.1, 0.15) is 28.1 Å². The van der Waals surface area contributed by atoms with E-state index in [1.54, 1.807) is 30.1 Å². The highest BCUT2D eigenvalue weighted by atomic mass is 32.1. The summed E-state index contributed by atoms with van der Waals surface area (Å²) in [7, 11) is 0. The molecule has 0 bridgehead atoms. The van der Waals surface area contributed by atoms with Crippen molar-refractivity contribution in [2.75, 3.05) is 0 Å². The van der Waals surface area contributed by atoms with E-state index in [0.717, 1.165) is 33.7 Å². The van der Waals surface area contributed by atoms with E-state index in [0.29, 0.717) is 10.8 Å². The molecule has 0 fully saturated rings. The van der Waals surface area contributed by atoms with Gasteiger partial charge in [0, 0.05) is 75.9 Å². The molecule has 0 saturated carbocycles. The van der Waals surface area contributed by atoms with Crippen LogP contribution in [-0.4, -0.2) is 9.13 Å². The van der Waals surface area contributed by atoms with Gasteiger partial charge in [-0.25, -0.2) is 0 Å². The monoisotopic (exact) mass is 1730 g/mol. The van der Waals surface area contributed by atoms with Crippen molar-refractivity contribution in [2.45, 2.75) is 209 Å². The Hall–Kier alpha value is -12.2. The zero-order chi connectivity index (χ0) is 91.7. The third-order valence-corrected chi connectivity index (χ3v) is 25.2. The molecule has 0 unspecified atom stereocenters. The molecule has 128 heavy (non-hydrogen) atoms. The third-order valence-electron chi connectivity index (χ3n) is 23.2. The highest BCUT2D eigenvalue weighted by molar-refractivity contribution is 7.10. The van der Waals surface area contributed by atoms with Crippen molar-refractivity contribution >= 4 is 110 Å². The number of thiophene rings is 2. The lowest BCUT2D eigenvalue weighted by molar-refractivity contribution is 0.409. The maximum atomic E-state index is 6.40. The summed E-state index contributed by atoms with van der Waals surface area (Å²) in [6, 6.07) is 111. The van der Waals surface area contributed by atoms with Gasteiger partial charge in [-0.15, -0.1) is 11.3 Å². The number of para-hydroxylation sites is 8. The molecule has 0 aliphatic rings. The predicted octanol–water partition coefficient (Wildman–Crippen LogP) is 36.5. The van der Waals surface area contributed by atoms with Crippen LogP contribution in [0.1, 0.15) is 210 Å². The summed E-state index contributed by atoms with van der Waals surface area (Å²) in [5.41, 5.74) is 25.8. The molecule has 8 heteroatoms. The molecule has 656 valence electrons. The molecule has 6 nitrogen and oxygen atoms in total. The first-order valence-electron chi connectivity index (χ1n) is 45.0. The van der Waals surface area contributed by atoms with Gasteiger partial charge in [-0.2, -0.15) is 11.3 Å². The van der Waals surface area contributed by atoms with Crippen molar-refractivity contribution in [1.29, 1.82) is 0 Å². The van der Waals surface area contributed by atoms with Crippen LogP contribution in [0.25, 0.3) is 121 Å². The molecule has 8 heterocycles. The lowest BCUT2D eigenvalue weighted by atomic mass is 9.83. The van der Waals surface area contributed by atoms with E-state index < -0.39 is 0 Å². The molecule has 0 aliphatic carbocycles. The van der Waals surface area contributed by atoms with E-state index in [1.807, 2.05) is 35.6 Å². The van der Waals surface area contributed by atoms with Gasteiger partial charge in [0.2, 0.25) is 0 Å². The largest absolute Gasteiger partial charge is 0.472 e. The Labute approximate surface area is 769 Å². The Morgan fingerprint density at radius 1 is 0.273 bits per heavy atom. The van der Waals surface area contributed by atoms with Crippen LogP contribution < -0.4 is 0 Å². The number of benzene rings is 12. The van der Waals surface area contributed by atoms with E-state index in [1.165, 1.54) is 131 Å². The topological polar surface area (TPSA) is 62.4 Å². The van der Waals surface area contributed by atoms with Crippen molar-refractivity contribution in [3.63, 3.8) is 0 Å². The average Bonchev–Trinajstić information content (AvgIpc) is 1.54. The minimum atomic E-state index is 0.0558. The number of aromatic nitrogens is 2. The Balaban J connectivity index is 0.000000129.